The van der Waals surface area contributed by atoms with Crippen molar-refractivity contribution in [2.75, 3.05) is 10.3 Å². The maximum atomic E-state index is 12.6. The molecule has 0 saturated heterocycles. The van der Waals surface area contributed by atoms with Gasteiger partial charge in [-0.15, -0.1) is 11.3 Å². The molecular weight excluding hydrogens is 348 g/mol. The summed E-state index contributed by atoms with van der Waals surface area (Å²) < 4.78 is 0. The third-order valence-electron chi connectivity index (χ3n) is 4.70. The van der Waals surface area contributed by atoms with Crippen molar-refractivity contribution in [3.63, 3.8) is 0 Å². The topological polar surface area (TPSA) is 74.7 Å². The fourth-order valence-electron chi connectivity index (χ4n) is 3.25. The van der Waals surface area contributed by atoms with Gasteiger partial charge in [-0.1, -0.05) is 25.1 Å². The Balaban J connectivity index is 1.52. The molecule has 2 aromatic rings. The number of carbonyl (C=O) groups is 2. The number of aryl methyl sites for hydroxylation is 1. The first-order valence-electron chi connectivity index (χ1n) is 8.85. The number of nitrogens with one attached hydrogen (secondary N) is 1. The Hall–Kier alpha value is -2.54. The van der Waals surface area contributed by atoms with Crippen LogP contribution < -0.4 is 10.3 Å². The zero-order chi connectivity index (χ0) is 18.1. The zero-order valence-corrected chi connectivity index (χ0v) is 15.4. The summed E-state index contributed by atoms with van der Waals surface area (Å²) in [4.78, 5) is 30.6. The number of amides is 2. The Kier molecular flexibility index (Phi) is 4.55. The molecule has 2 aliphatic rings. The van der Waals surface area contributed by atoms with Gasteiger partial charge in [0.25, 0.3) is 5.91 Å². The monoisotopic (exact) mass is 368 g/mol. The Morgan fingerprint density at radius 3 is 2.85 bits per heavy atom. The van der Waals surface area contributed by atoms with E-state index in [2.05, 4.69) is 22.3 Å². The van der Waals surface area contributed by atoms with Crippen LogP contribution in [-0.4, -0.2) is 22.5 Å². The molecule has 0 bridgehead atoms. The van der Waals surface area contributed by atoms with E-state index in [1.54, 1.807) is 23.5 Å². The standard InChI is InChI=1S/C19H20N4O2S/c1-12-7-8-14-16(11-12)26-19(20-14)21-18(25)15-9-10-17(24)23(22-15)13-5-3-2-4-6-13/h2-6,12H,7-11H2,1H3,(H,20,21,25). The number of rotatable bonds is 3. The SMILES string of the molecule is CC1CCc2nc(NC(=O)C3=NN(c4ccccc4)C(=O)CC3)sc2C1. The minimum atomic E-state index is -0.280. The molecule has 2 heterocycles. The van der Waals surface area contributed by atoms with Crippen molar-refractivity contribution in [1.82, 2.24) is 4.98 Å². The maximum absolute atomic E-state index is 12.6. The second kappa shape index (κ2) is 6.99. The highest BCUT2D eigenvalue weighted by atomic mass is 32.1. The zero-order valence-electron chi connectivity index (χ0n) is 14.6. The van der Waals surface area contributed by atoms with Gasteiger partial charge in [0.2, 0.25) is 5.91 Å². The van der Waals surface area contributed by atoms with Crippen LogP contribution in [0.25, 0.3) is 0 Å². The van der Waals surface area contributed by atoms with Crippen LogP contribution in [0.15, 0.2) is 35.4 Å². The molecule has 1 aliphatic carbocycles. The lowest BCUT2D eigenvalue weighted by molar-refractivity contribution is -0.118. The predicted octanol–water partition coefficient (Wildman–Crippen LogP) is 3.39. The number of nitrogens with zero attached hydrogens (tertiary/aromatic N) is 3. The lowest BCUT2D eigenvalue weighted by Crippen LogP contribution is -2.36. The fourth-order valence-corrected chi connectivity index (χ4v) is 4.42. The number of benzene rings is 1. The first-order valence-corrected chi connectivity index (χ1v) is 9.67. The number of fused-ring (bicyclic) bond motifs is 1. The van der Waals surface area contributed by atoms with Crippen LogP contribution in [0, 0.1) is 5.92 Å². The molecule has 4 rings (SSSR count). The summed E-state index contributed by atoms with van der Waals surface area (Å²) >= 11 is 1.55. The summed E-state index contributed by atoms with van der Waals surface area (Å²) in [6.45, 7) is 2.24. The molecule has 26 heavy (non-hydrogen) atoms. The van der Waals surface area contributed by atoms with E-state index >= 15 is 0 Å². The van der Waals surface area contributed by atoms with Gasteiger partial charge in [-0.2, -0.15) is 5.10 Å². The number of carbonyl (C=O) groups excluding carboxylic acids is 2. The first-order chi connectivity index (χ1) is 12.6. The van der Waals surface area contributed by atoms with Crippen LogP contribution in [0.4, 0.5) is 10.8 Å². The molecule has 134 valence electrons. The van der Waals surface area contributed by atoms with Crippen LogP contribution in [0.2, 0.25) is 0 Å². The van der Waals surface area contributed by atoms with Crippen LogP contribution >= 0.6 is 11.3 Å². The van der Waals surface area contributed by atoms with Crippen molar-refractivity contribution in [3.8, 4) is 0 Å². The minimum absolute atomic E-state index is 0.105. The number of para-hydroxylation sites is 1. The normalized spacial score (nSPS) is 19.7. The lowest BCUT2D eigenvalue weighted by Gasteiger charge is -2.22. The Morgan fingerprint density at radius 1 is 1.23 bits per heavy atom. The lowest BCUT2D eigenvalue weighted by atomic mass is 9.93. The number of thiazole rings is 1. The van der Waals surface area contributed by atoms with E-state index in [9.17, 15) is 9.59 Å². The molecular formula is C19H20N4O2S. The quantitative estimate of drug-likeness (QED) is 0.902. The van der Waals surface area contributed by atoms with E-state index in [0.29, 0.717) is 28.9 Å². The van der Waals surface area contributed by atoms with Gasteiger partial charge in [-0.05, 0) is 37.3 Å². The molecule has 1 N–H and O–H groups in total. The molecule has 1 aliphatic heterocycles. The molecule has 0 fully saturated rings. The molecule has 1 aromatic carbocycles. The molecule has 0 spiro atoms. The molecule has 0 radical (unpaired) electrons. The van der Waals surface area contributed by atoms with Gasteiger partial charge in [0.1, 0.15) is 5.71 Å². The summed E-state index contributed by atoms with van der Waals surface area (Å²) in [6.07, 6.45) is 3.76. The second-order valence-electron chi connectivity index (χ2n) is 6.78. The number of anilines is 2. The van der Waals surface area contributed by atoms with Crippen LogP contribution in [0.5, 0.6) is 0 Å². The maximum Gasteiger partial charge on any atom is 0.273 e. The molecule has 1 atom stereocenters. The molecule has 1 unspecified atom stereocenters. The predicted molar refractivity (Wildman–Crippen MR) is 103 cm³/mol. The summed E-state index contributed by atoms with van der Waals surface area (Å²) in [7, 11) is 0. The van der Waals surface area contributed by atoms with Crippen molar-refractivity contribution in [2.24, 2.45) is 11.0 Å². The Morgan fingerprint density at radius 2 is 2.04 bits per heavy atom. The fraction of sp³-hybridized carbons (Fsp3) is 0.368. The molecule has 2 amide bonds. The molecule has 7 heteroatoms. The van der Waals surface area contributed by atoms with Gasteiger partial charge in [-0.25, -0.2) is 9.99 Å². The third kappa shape index (κ3) is 3.39. The van der Waals surface area contributed by atoms with E-state index < -0.39 is 0 Å². The second-order valence-corrected chi connectivity index (χ2v) is 7.86. The van der Waals surface area contributed by atoms with Crippen molar-refractivity contribution < 1.29 is 9.59 Å². The van der Waals surface area contributed by atoms with Gasteiger partial charge in [-0.3, -0.25) is 14.9 Å². The smallest absolute Gasteiger partial charge is 0.273 e. The largest absolute Gasteiger partial charge is 0.297 e. The number of hydrogen-bond acceptors (Lipinski definition) is 5. The van der Waals surface area contributed by atoms with E-state index in [1.165, 1.54) is 9.89 Å². The third-order valence-corrected chi connectivity index (χ3v) is 5.74. The van der Waals surface area contributed by atoms with Gasteiger partial charge < -0.3 is 0 Å². The minimum Gasteiger partial charge on any atom is -0.297 e. The highest BCUT2D eigenvalue weighted by Gasteiger charge is 2.27. The molecule has 0 saturated carbocycles. The average Bonchev–Trinajstić information content (AvgIpc) is 3.04. The van der Waals surface area contributed by atoms with E-state index in [1.807, 2.05) is 18.2 Å². The summed E-state index contributed by atoms with van der Waals surface area (Å²) in [5, 5.41) is 9.10. The highest BCUT2D eigenvalue weighted by molar-refractivity contribution is 7.16. The number of hydrazone groups is 1. The number of aromatic nitrogens is 1. The highest BCUT2D eigenvalue weighted by Crippen LogP contribution is 2.32. The van der Waals surface area contributed by atoms with Crippen molar-refractivity contribution in [1.29, 1.82) is 0 Å². The van der Waals surface area contributed by atoms with E-state index in [-0.39, 0.29) is 18.2 Å². The van der Waals surface area contributed by atoms with Crippen molar-refractivity contribution >= 4 is 39.7 Å². The molecule has 1 aromatic heterocycles. The van der Waals surface area contributed by atoms with Crippen LogP contribution in [0.1, 0.15) is 36.8 Å². The average molecular weight is 368 g/mol. The summed E-state index contributed by atoms with van der Waals surface area (Å²) in [5.41, 5.74) is 2.13. The van der Waals surface area contributed by atoms with E-state index in [0.717, 1.165) is 25.0 Å². The van der Waals surface area contributed by atoms with Crippen molar-refractivity contribution in [2.45, 2.75) is 39.0 Å². The van der Waals surface area contributed by atoms with E-state index in [4.69, 9.17) is 0 Å². The van der Waals surface area contributed by atoms with Crippen molar-refractivity contribution in [3.05, 3.63) is 40.9 Å². The van der Waals surface area contributed by atoms with Gasteiger partial charge in [0, 0.05) is 17.7 Å². The summed E-state index contributed by atoms with van der Waals surface area (Å²) in [5.74, 6) is 0.281. The van der Waals surface area contributed by atoms with Gasteiger partial charge >= 0.3 is 0 Å². The van der Waals surface area contributed by atoms with Gasteiger partial charge in [0.15, 0.2) is 5.13 Å². The van der Waals surface area contributed by atoms with Crippen LogP contribution in [0.3, 0.4) is 0 Å². The van der Waals surface area contributed by atoms with Crippen LogP contribution in [-0.2, 0) is 22.4 Å². The summed E-state index contributed by atoms with van der Waals surface area (Å²) in [6, 6.07) is 9.16. The number of hydrogen-bond donors (Lipinski definition) is 1. The van der Waals surface area contributed by atoms with Gasteiger partial charge in [0.05, 0.1) is 11.4 Å². The first kappa shape index (κ1) is 16.9. The Bertz CT molecular complexity index is 875. The Labute approximate surface area is 155 Å². The molecule has 6 nitrogen and oxygen atoms in total.